The van der Waals surface area contributed by atoms with Crippen molar-refractivity contribution in [1.82, 2.24) is 9.97 Å². The molecule has 1 heterocycles. The second-order valence-corrected chi connectivity index (χ2v) is 3.11. The van der Waals surface area contributed by atoms with Gasteiger partial charge in [-0.1, -0.05) is 23.8 Å². The largest absolute Gasteiger partial charge is 0.382 e. The summed E-state index contributed by atoms with van der Waals surface area (Å²) in [6.07, 6.45) is 1.36. The first-order valence-electron chi connectivity index (χ1n) is 3.75. The Bertz CT molecular complexity index is 324. The van der Waals surface area contributed by atoms with E-state index in [0.717, 1.165) is 5.57 Å². The van der Waals surface area contributed by atoms with E-state index in [-0.39, 0.29) is 5.82 Å². The number of nitrogen functional groups attached to an aromatic ring is 1. The second-order valence-electron chi connectivity index (χ2n) is 2.73. The third-order valence-electron chi connectivity index (χ3n) is 1.37. The minimum atomic E-state index is 0.279. The van der Waals surface area contributed by atoms with Crippen molar-refractivity contribution in [2.75, 3.05) is 17.6 Å². The van der Waals surface area contributed by atoms with E-state index in [1.54, 1.807) is 0 Å². The van der Waals surface area contributed by atoms with E-state index in [2.05, 4.69) is 21.9 Å². The van der Waals surface area contributed by atoms with Gasteiger partial charge in [0.1, 0.15) is 17.2 Å². The minimum absolute atomic E-state index is 0.279. The average molecular weight is 199 g/mol. The Balaban J connectivity index is 2.77. The lowest BCUT2D eigenvalue weighted by Gasteiger charge is -2.06. The summed E-state index contributed by atoms with van der Waals surface area (Å²) in [7, 11) is 0. The van der Waals surface area contributed by atoms with Gasteiger partial charge in [-0.15, -0.1) is 0 Å². The van der Waals surface area contributed by atoms with Crippen LogP contribution in [0.2, 0.25) is 5.02 Å². The third kappa shape index (κ3) is 2.59. The number of nitrogens with two attached hydrogens (primary N) is 1. The molecule has 0 aromatic carbocycles. The Labute approximate surface area is 81.8 Å². The lowest BCUT2D eigenvalue weighted by atomic mass is 10.3. The van der Waals surface area contributed by atoms with Crippen LogP contribution >= 0.6 is 11.6 Å². The van der Waals surface area contributed by atoms with Gasteiger partial charge in [0.25, 0.3) is 0 Å². The Hall–Kier alpha value is -1.29. The summed E-state index contributed by atoms with van der Waals surface area (Å²) in [6.45, 7) is 6.27. The number of nitrogens with zero attached hydrogens (tertiary/aromatic N) is 2. The van der Waals surface area contributed by atoms with Gasteiger partial charge in [-0.25, -0.2) is 9.97 Å². The molecule has 1 aromatic rings. The van der Waals surface area contributed by atoms with E-state index in [4.69, 9.17) is 17.3 Å². The maximum atomic E-state index is 5.83. The summed E-state index contributed by atoms with van der Waals surface area (Å²) in [5.41, 5.74) is 6.48. The maximum absolute atomic E-state index is 5.83. The van der Waals surface area contributed by atoms with Crippen LogP contribution in [0.4, 0.5) is 11.6 Å². The van der Waals surface area contributed by atoms with Gasteiger partial charge < -0.3 is 11.1 Å². The van der Waals surface area contributed by atoms with Crippen LogP contribution in [0.5, 0.6) is 0 Å². The molecule has 0 radical (unpaired) electrons. The van der Waals surface area contributed by atoms with Crippen LogP contribution in [0.25, 0.3) is 0 Å². The molecule has 1 rings (SSSR count). The number of halogens is 1. The lowest BCUT2D eigenvalue weighted by molar-refractivity contribution is 1.12. The molecule has 0 saturated carbocycles. The molecular formula is C8H11ClN4. The molecule has 0 bridgehead atoms. The van der Waals surface area contributed by atoms with E-state index in [0.29, 0.717) is 17.4 Å². The fourth-order valence-electron chi connectivity index (χ4n) is 0.741. The monoisotopic (exact) mass is 198 g/mol. The molecule has 1 aromatic heterocycles. The topological polar surface area (TPSA) is 63.8 Å². The Morgan fingerprint density at radius 2 is 2.38 bits per heavy atom. The molecule has 0 amide bonds. The Morgan fingerprint density at radius 3 is 3.00 bits per heavy atom. The van der Waals surface area contributed by atoms with E-state index >= 15 is 0 Å². The molecule has 0 spiro atoms. The van der Waals surface area contributed by atoms with Crippen molar-refractivity contribution in [2.24, 2.45) is 0 Å². The van der Waals surface area contributed by atoms with Crippen molar-refractivity contribution in [3.63, 3.8) is 0 Å². The fraction of sp³-hybridized carbons (Fsp3) is 0.250. The van der Waals surface area contributed by atoms with Gasteiger partial charge >= 0.3 is 0 Å². The van der Waals surface area contributed by atoms with E-state index in [9.17, 15) is 0 Å². The van der Waals surface area contributed by atoms with Crippen LogP contribution in [0.3, 0.4) is 0 Å². The highest BCUT2D eigenvalue weighted by Gasteiger charge is 2.04. The first-order valence-corrected chi connectivity index (χ1v) is 4.13. The fourth-order valence-corrected chi connectivity index (χ4v) is 0.906. The molecule has 70 valence electrons. The number of aromatic nitrogens is 2. The maximum Gasteiger partial charge on any atom is 0.150 e. The van der Waals surface area contributed by atoms with E-state index in [1.807, 2.05) is 6.92 Å². The van der Waals surface area contributed by atoms with Gasteiger partial charge in [0.2, 0.25) is 0 Å². The zero-order valence-electron chi connectivity index (χ0n) is 7.34. The molecule has 0 atom stereocenters. The Kier molecular flexibility index (Phi) is 3.08. The molecule has 0 aliphatic carbocycles. The van der Waals surface area contributed by atoms with Gasteiger partial charge in [0, 0.05) is 6.54 Å². The number of hydrogen-bond acceptors (Lipinski definition) is 4. The van der Waals surface area contributed by atoms with Gasteiger partial charge in [-0.05, 0) is 6.92 Å². The molecule has 0 aliphatic rings. The highest BCUT2D eigenvalue weighted by atomic mass is 35.5. The van der Waals surface area contributed by atoms with Crippen molar-refractivity contribution in [1.29, 1.82) is 0 Å². The first-order chi connectivity index (χ1) is 6.11. The van der Waals surface area contributed by atoms with Crippen LogP contribution in [0.1, 0.15) is 6.92 Å². The number of nitrogens with one attached hydrogen (secondary N) is 1. The summed E-state index contributed by atoms with van der Waals surface area (Å²) in [5, 5.41) is 3.34. The number of hydrogen-bond donors (Lipinski definition) is 2. The lowest BCUT2D eigenvalue weighted by Crippen LogP contribution is -2.06. The molecule has 0 fully saturated rings. The molecule has 3 N–H and O–H groups in total. The molecule has 0 aliphatic heterocycles. The van der Waals surface area contributed by atoms with Crippen LogP contribution in [-0.4, -0.2) is 16.5 Å². The molecule has 4 nitrogen and oxygen atoms in total. The molecule has 13 heavy (non-hydrogen) atoms. The summed E-state index contributed by atoms with van der Waals surface area (Å²) in [5.74, 6) is 0.818. The van der Waals surface area contributed by atoms with Crippen molar-refractivity contribution >= 4 is 23.2 Å². The van der Waals surface area contributed by atoms with Crippen LogP contribution in [0, 0.1) is 0 Å². The van der Waals surface area contributed by atoms with E-state index < -0.39 is 0 Å². The normalized spacial score (nSPS) is 9.69. The number of anilines is 2. The van der Waals surface area contributed by atoms with Crippen molar-refractivity contribution in [3.8, 4) is 0 Å². The first kappa shape index (κ1) is 9.80. The van der Waals surface area contributed by atoms with Crippen molar-refractivity contribution in [2.45, 2.75) is 6.92 Å². The quantitative estimate of drug-likeness (QED) is 0.726. The minimum Gasteiger partial charge on any atom is -0.382 e. The van der Waals surface area contributed by atoms with E-state index in [1.165, 1.54) is 6.33 Å². The predicted octanol–water partition coefficient (Wildman–Crippen LogP) is 1.70. The molecule has 0 unspecified atom stereocenters. The smallest absolute Gasteiger partial charge is 0.150 e. The zero-order chi connectivity index (χ0) is 9.84. The summed E-state index contributed by atoms with van der Waals surface area (Å²) in [4.78, 5) is 7.67. The highest BCUT2D eigenvalue weighted by Crippen LogP contribution is 2.22. The van der Waals surface area contributed by atoms with Crippen LogP contribution in [0.15, 0.2) is 18.5 Å². The summed E-state index contributed by atoms with van der Waals surface area (Å²) in [6, 6.07) is 0. The van der Waals surface area contributed by atoms with Gasteiger partial charge in [-0.2, -0.15) is 0 Å². The van der Waals surface area contributed by atoms with Crippen molar-refractivity contribution in [3.05, 3.63) is 23.5 Å². The summed E-state index contributed by atoms with van der Waals surface area (Å²) >= 11 is 5.83. The SMILES string of the molecule is C=C(C)CNc1ncnc(N)c1Cl. The van der Waals surface area contributed by atoms with Crippen LogP contribution < -0.4 is 11.1 Å². The second kappa shape index (κ2) is 4.09. The Morgan fingerprint density at radius 1 is 1.69 bits per heavy atom. The highest BCUT2D eigenvalue weighted by molar-refractivity contribution is 6.35. The standard InChI is InChI=1S/C8H11ClN4/c1-5(2)3-11-8-6(9)7(10)12-4-13-8/h4H,1,3H2,2H3,(H3,10,11,12,13). The van der Waals surface area contributed by atoms with Gasteiger partial charge in [-0.3, -0.25) is 0 Å². The van der Waals surface area contributed by atoms with Gasteiger partial charge in [0.15, 0.2) is 5.82 Å². The summed E-state index contributed by atoms with van der Waals surface area (Å²) < 4.78 is 0. The van der Waals surface area contributed by atoms with Crippen LogP contribution in [-0.2, 0) is 0 Å². The molecule has 0 saturated heterocycles. The van der Waals surface area contributed by atoms with Gasteiger partial charge in [0.05, 0.1) is 0 Å². The average Bonchev–Trinajstić information content (AvgIpc) is 2.07. The zero-order valence-corrected chi connectivity index (χ0v) is 8.10. The van der Waals surface area contributed by atoms with Crippen molar-refractivity contribution < 1.29 is 0 Å². The third-order valence-corrected chi connectivity index (χ3v) is 1.75. The molecular weight excluding hydrogens is 188 g/mol. The number of rotatable bonds is 3. The molecule has 5 heteroatoms. The predicted molar refractivity (Wildman–Crippen MR) is 54.8 cm³/mol.